The smallest absolute Gasteiger partial charge is 0.395 e. The minimum absolute atomic E-state index is 0.0428. The van der Waals surface area contributed by atoms with Crippen molar-refractivity contribution in [3.05, 3.63) is 0 Å². The van der Waals surface area contributed by atoms with Crippen LogP contribution in [-0.4, -0.2) is 54.6 Å². The Kier molecular flexibility index (Phi) is 3.89. The van der Waals surface area contributed by atoms with Crippen LogP contribution in [0, 0.1) is 0 Å². The molecular weight excluding hydrogens is 217 g/mol. The van der Waals surface area contributed by atoms with Crippen molar-refractivity contribution in [2.45, 2.75) is 12.2 Å². The lowest BCUT2D eigenvalue weighted by atomic mass is 10.2. The van der Waals surface area contributed by atoms with Crippen molar-refractivity contribution in [3.63, 3.8) is 0 Å². The van der Waals surface area contributed by atoms with Crippen molar-refractivity contribution in [2.75, 3.05) is 26.2 Å². The SMILES string of the molecule is O=C(ON1CC(NCCO)C1)C(F)(F)F. The highest BCUT2D eigenvalue weighted by molar-refractivity contribution is 5.75. The molecule has 8 heteroatoms. The van der Waals surface area contributed by atoms with Gasteiger partial charge in [-0.15, -0.1) is 5.06 Å². The first-order valence-corrected chi connectivity index (χ1v) is 4.32. The van der Waals surface area contributed by atoms with E-state index in [9.17, 15) is 18.0 Å². The molecule has 0 aliphatic carbocycles. The monoisotopic (exact) mass is 228 g/mol. The fourth-order valence-corrected chi connectivity index (χ4v) is 1.08. The van der Waals surface area contributed by atoms with Crippen LogP contribution >= 0.6 is 0 Å². The van der Waals surface area contributed by atoms with Crippen molar-refractivity contribution < 1.29 is 27.9 Å². The quantitative estimate of drug-likeness (QED) is 0.664. The number of nitrogens with one attached hydrogen (secondary N) is 1. The minimum atomic E-state index is -4.95. The highest BCUT2D eigenvalue weighted by Gasteiger charge is 2.44. The number of halogens is 3. The second-order valence-electron chi connectivity index (χ2n) is 3.10. The molecule has 0 bridgehead atoms. The number of nitrogens with zero attached hydrogens (tertiary/aromatic N) is 1. The molecule has 1 rings (SSSR count). The van der Waals surface area contributed by atoms with Gasteiger partial charge in [0.05, 0.1) is 19.7 Å². The summed E-state index contributed by atoms with van der Waals surface area (Å²) in [6.45, 7) is 0.716. The molecule has 1 heterocycles. The molecule has 1 fully saturated rings. The maximum absolute atomic E-state index is 11.7. The predicted molar refractivity (Wildman–Crippen MR) is 42.6 cm³/mol. The Morgan fingerprint density at radius 2 is 2.13 bits per heavy atom. The van der Waals surface area contributed by atoms with Gasteiger partial charge in [-0.25, -0.2) is 4.79 Å². The molecule has 0 saturated carbocycles. The molecule has 0 unspecified atom stereocenters. The van der Waals surface area contributed by atoms with E-state index in [1.807, 2.05) is 0 Å². The molecular formula is C7H11F3N2O3. The van der Waals surface area contributed by atoms with Crippen molar-refractivity contribution in [1.29, 1.82) is 0 Å². The van der Waals surface area contributed by atoms with E-state index >= 15 is 0 Å². The van der Waals surface area contributed by atoms with E-state index in [0.29, 0.717) is 6.54 Å². The second-order valence-corrected chi connectivity index (χ2v) is 3.10. The average molecular weight is 228 g/mol. The topological polar surface area (TPSA) is 61.8 Å². The first-order valence-electron chi connectivity index (χ1n) is 4.32. The summed E-state index contributed by atoms with van der Waals surface area (Å²) in [5.41, 5.74) is 0. The highest BCUT2D eigenvalue weighted by atomic mass is 19.4. The fourth-order valence-electron chi connectivity index (χ4n) is 1.08. The molecule has 1 aliphatic rings. The van der Waals surface area contributed by atoms with Crippen molar-refractivity contribution in [1.82, 2.24) is 10.4 Å². The maximum Gasteiger partial charge on any atom is 0.492 e. The standard InChI is InChI=1S/C7H11F3N2O3/c8-7(9,10)6(14)15-12-3-5(4-12)11-1-2-13/h5,11,13H,1-4H2. The van der Waals surface area contributed by atoms with Gasteiger partial charge in [0.2, 0.25) is 0 Å². The van der Waals surface area contributed by atoms with E-state index in [1.165, 1.54) is 0 Å². The number of hydrogen-bond donors (Lipinski definition) is 2. The Balaban J connectivity index is 2.15. The van der Waals surface area contributed by atoms with Crippen molar-refractivity contribution in [3.8, 4) is 0 Å². The molecule has 0 aromatic carbocycles. The summed E-state index contributed by atoms with van der Waals surface area (Å²) in [4.78, 5) is 14.4. The molecule has 0 aromatic rings. The van der Waals surface area contributed by atoms with Gasteiger partial charge in [0, 0.05) is 12.6 Å². The van der Waals surface area contributed by atoms with Gasteiger partial charge >= 0.3 is 12.1 Å². The van der Waals surface area contributed by atoms with Gasteiger partial charge in [-0.1, -0.05) is 0 Å². The molecule has 5 nitrogen and oxygen atoms in total. The number of hydrogen-bond acceptors (Lipinski definition) is 5. The lowest BCUT2D eigenvalue weighted by Gasteiger charge is -2.37. The van der Waals surface area contributed by atoms with Crippen LogP contribution in [-0.2, 0) is 9.63 Å². The lowest BCUT2D eigenvalue weighted by molar-refractivity contribution is -0.253. The van der Waals surface area contributed by atoms with Crippen LogP contribution in [0.15, 0.2) is 0 Å². The summed E-state index contributed by atoms with van der Waals surface area (Å²) in [5.74, 6) is -2.21. The average Bonchev–Trinajstić information content (AvgIpc) is 2.06. The largest absolute Gasteiger partial charge is 0.492 e. The molecule has 0 spiro atoms. The fraction of sp³-hybridized carbons (Fsp3) is 0.857. The first-order chi connectivity index (χ1) is 6.93. The normalized spacial score (nSPS) is 18.7. The summed E-state index contributed by atoms with van der Waals surface area (Å²) >= 11 is 0. The Labute approximate surface area is 83.8 Å². The Morgan fingerprint density at radius 3 is 2.60 bits per heavy atom. The molecule has 0 radical (unpaired) electrons. The number of alkyl halides is 3. The number of hydroxylamine groups is 2. The summed E-state index contributed by atoms with van der Waals surface area (Å²) in [6.07, 6.45) is -4.95. The van der Waals surface area contributed by atoms with Crippen LogP contribution in [0.5, 0.6) is 0 Å². The number of carbonyl (C=O) groups is 1. The molecule has 88 valence electrons. The van der Waals surface area contributed by atoms with Gasteiger partial charge in [-0.2, -0.15) is 13.2 Å². The molecule has 1 aliphatic heterocycles. The third kappa shape index (κ3) is 3.65. The number of aliphatic hydroxyl groups excluding tert-OH is 1. The zero-order valence-corrected chi connectivity index (χ0v) is 7.75. The van der Waals surface area contributed by atoms with E-state index in [4.69, 9.17) is 5.11 Å². The van der Waals surface area contributed by atoms with Gasteiger partial charge in [-0.3, -0.25) is 0 Å². The Morgan fingerprint density at radius 1 is 1.53 bits per heavy atom. The van der Waals surface area contributed by atoms with Crippen LogP contribution < -0.4 is 5.32 Å². The van der Waals surface area contributed by atoms with Crippen LogP contribution in [0.1, 0.15) is 0 Å². The van der Waals surface area contributed by atoms with Gasteiger partial charge in [-0.05, 0) is 0 Å². The third-order valence-corrected chi connectivity index (χ3v) is 1.84. The molecule has 0 amide bonds. The van der Waals surface area contributed by atoms with E-state index < -0.39 is 12.1 Å². The van der Waals surface area contributed by atoms with Gasteiger partial charge in [0.1, 0.15) is 0 Å². The molecule has 15 heavy (non-hydrogen) atoms. The van der Waals surface area contributed by atoms with Crippen LogP contribution in [0.4, 0.5) is 13.2 Å². The van der Waals surface area contributed by atoms with Gasteiger partial charge in [0.15, 0.2) is 0 Å². The van der Waals surface area contributed by atoms with Crippen molar-refractivity contribution >= 4 is 5.97 Å². The van der Waals surface area contributed by atoms with Crippen LogP contribution in [0.2, 0.25) is 0 Å². The number of aliphatic hydroxyl groups is 1. The number of carbonyl (C=O) groups excluding carboxylic acids is 1. The van der Waals surface area contributed by atoms with E-state index in [2.05, 4.69) is 10.2 Å². The minimum Gasteiger partial charge on any atom is -0.395 e. The first kappa shape index (κ1) is 12.2. The summed E-state index contributed by atoms with van der Waals surface area (Å²) in [6, 6.07) is -0.0433. The second kappa shape index (κ2) is 4.77. The summed E-state index contributed by atoms with van der Waals surface area (Å²) in [7, 11) is 0. The Hall–Kier alpha value is -0.860. The zero-order chi connectivity index (χ0) is 11.5. The molecule has 0 atom stereocenters. The molecule has 1 saturated heterocycles. The van der Waals surface area contributed by atoms with Crippen molar-refractivity contribution in [2.24, 2.45) is 0 Å². The van der Waals surface area contributed by atoms with Gasteiger partial charge in [0.25, 0.3) is 0 Å². The zero-order valence-electron chi connectivity index (χ0n) is 7.75. The maximum atomic E-state index is 11.7. The summed E-state index contributed by atoms with van der Waals surface area (Å²) in [5, 5.41) is 12.2. The predicted octanol–water partition coefficient (Wildman–Crippen LogP) is -0.727. The van der Waals surface area contributed by atoms with Gasteiger partial charge < -0.3 is 15.3 Å². The van der Waals surface area contributed by atoms with Crippen LogP contribution in [0.3, 0.4) is 0 Å². The molecule has 2 N–H and O–H groups in total. The van der Waals surface area contributed by atoms with Crippen LogP contribution in [0.25, 0.3) is 0 Å². The number of rotatable bonds is 4. The summed E-state index contributed by atoms with van der Waals surface area (Å²) < 4.78 is 35.2. The third-order valence-electron chi connectivity index (χ3n) is 1.84. The van der Waals surface area contributed by atoms with E-state index in [0.717, 1.165) is 5.06 Å². The molecule has 0 aromatic heterocycles. The van der Waals surface area contributed by atoms with E-state index in [1.54, 1.807) is 0 Å². The highest BCUT2D eigenvalue weighted by Crippen LogP contribution is 2.19. The van der Waals surface area contributed by atoms with E-state index in [-0.39, 0.29) is 25.7 Å². The lowest BCUT2D eigenvalue weighted by Crippen LogP contribution is -2.59. The Bertz CT molecular complexity index is 228.